The van der Waals surface area contributed by atoms with Crippen molar-refractivity contribution in [2.45, 2.75) is 6.92 Å². The fourth-order valence-electron chi connectivity index (χ4n) is 3.92. The molecule has 0 atom stereocenters. The molecule has 3 aromatic heterocycles. The summed E-state index contributed by atoms with van der Waals surface area (Å²) in [6.07, 6.45) is 4.58. The lowest BCUT2D eigenvalue weighted by atomic mass is 10.1. The van der Waals surface area contributed by atoms with Gasteiger partial charge in [0.05, 0.1) is 26.1 Å². The first-order chi connectivity index (χ1) is 16.5. The first kappa shape index (κ1) is 21.3. The average Bonchev–Trinajstić information content (AvgIpc) is 3.25. The lowest BCUT2D eigenvalue weighted by Gasteiger charge is -2.04. The van der Waals surface area contributed by atoms with Gasteiger partial charge in [-0.05, 0) is 48.9 Å². The van der Waals surface area contributed by atoms with Gasteiger partial charge in [-0.2, -0.15) is 4.40 Å². The number of esters is 1. The molecule has 3 heterocycles. The maximum absolute atomic E-state index is 13.6. The number of fused-ring (bicyclic) bond motifs is 3. The maximum atomic E-state index is 13.6. The van der Waals surface area contributed by atoms with Crippen molar-refractivity contribution in [2.75, 3.05) is 13.7 Å². The van der Waals surface area contributed by atoms with Crippen LogP contribution in [0.5, 0.6) is 5.75 Å². The van der Waals surface area contributed by atoms with Crippen molar-refractivity contribution >= 4 is 22.6 Å². The Kier molecular flexibility index (Phi) is 5.29. The van der Waals surface area contributed by atoms with Gasteiger partial charge in [0.2, 0.25) is 11.3 Å². The third-order valence-electron chi connectivity index (χ3n) is 5.55. The lowest BCUT2D eigenvalue weighted by molar-refractivity contribution is -0.354. The number of hydrogen-bond acceptors (Lipinski definition) is 5. The molecule has 0 radical (unpaired) electrons. The van der Waals surface area contributed by atoms with E-state index < -0.39 is 11.5 Å². The van der Waals surface area contributed by atoms with Crippen LogP contribution in [-0.4, -0.2) is 33.6 Å². The van der Waals surface area contributed by atoms with Crippen LogP contribution in [0.2, 0.25) is 0 Å². The molecule has 34 heavy (non-hydrogen) atoms. The SMILES string of the molecule is CCOC(=O)c1cnc2c3c(-c4ccc(OC)cc4)cn(-c4ccc(F)cc4)c3[nH+]cn2c1=O. The van der Waals surface area contributed by atoms with Gasteiger partial charge in [-0.25, -0.2) is 23.5 Å². The number of carbonyl (C=O) groups is 1. The number of nitrogens with one attached hydrogen (secondary N) is 1. The van der Waals surface area contributed by atoms with Crippen molar-refractivity contribution < 1.29 is 23.6 Å². The summed E-state index contributed by atoms with van der Waals surface area (Å²) in [6.45, 7) is 1.81. The van der Waals surface area contributed by atoms with Crippen molar-refractivity contribution in [3.63, 3.8) is 0 Å². The molecule has 0 fully saturated rings. The molecule has 0 aliphatic heterocycles. The van der Waals surface area contributed by atoms with Crippen LogP contribution in [0, 0.1) is 5.82 Å². The van der Waals surface area contributed by atoms with Crippen LogP contribution in [0.1, 0.15) is 17.3 Å². The maximum Gasteiger partial charge on any atom is 0.346 e. The van der Waals surface area contributed by atoms with E-state index in [1.165, 1.54) is 29.1 Å². The van der Waals surface area contributed by atoms with Gasteiger partial charge in [-0.1, -0.05) is 12.1 Å². The number of benzene rings is 2. The summed E-state index contributed by atoms with van der Waals surface area (Å²) in [5.74, 6) is -0.366. The number of rotatable bonds is 5. The highest BCUT2D eigenvalue weighted by Crippen LogP contribution is 2.33. The molecule has 0 bridgehead atoms. The highest BCUT2D eigenvalue weighted by atomic mass is 19.1. The van der Waals surface area contributed by atoms with Gasteiger partial charge in [0.1, 0.15) is 22.6 Å². The highest BCUT2D eigenvalue weighted by molar-refractivity contribution is 6.02. The molecule has 0 unspecified atom stereocenters. The van der Waals surface area contributed by atoms with E-state index in [1.807, 2.05) is 35.0 Å². The number of halogens is 1. The van der Waals surface area contributed by atoms with Crippen molar-refractivity contribution in [3.8, 4) is 22.6 Å². The largest absolute Gasteiger partial charge is 0.497 e. The van der Waals surface area contributed by atoms with E-state index in [9.17, 15) is 14.0 Å². The van der Waals surface area contributed by atoms with Gasteiger partial charge in [-0.3, -0.25) is 4.98 Å². The second-order valence-electron chi connectivity index (χ2n) is 7.51. The Labute approximate surface area is 192 Å². The van der Waals surface area contributed by atoms with Crippen molar-refractivity contribution in [1.82, 2.24) is 14.0 Å². The monoisotopic (exact) mass is 459 g/mol. The molecule has 5 aromatic rings. The Balaban J connectivity index is 1.82. The minimum absolute atomic E-state index is 0.147. The Morgan fingerprint density at radius 1 is 1.12 bits per heavy atom. The summed E-state index contributed by atoms with van der Waals surface area (Å²) >= 11 is 0. The van der Waals surface area contributed by atoms with Gasteiger partial charge >= 0.3 is 11.5 Å². The van der Waals surface area contributed by atoms with E-state index in [2.05, 4.69) is 9.97 Å². The predicted molar refractivity (Wildman–Crippen MR) is 123 cm³/mol. The van der Waals surface area contributed by atoms with Crippen LogP contribution in [0.25, 0.3) is 33.5 Å². The number of aromatic amines is 1. The van der Waals surface area contributed by atoms with E-state index in [1.54, 1.807) is 26.2 Å². The standard InChI is InChI=1S/C25H19FN4O4/c1-3-34-25(32)19-12-27-22-21-20(15-4-10-18(33-2)11-5-15)13-29(17-8-6-16(26)7-9-17)23(21)28-14-30(22)24(19)31/h4-14H,3H2,1-2H3/p+1. The van der Waals surface area contributed by atoms with Gasteiger partial charge in [0.15, 0.2) is 11.9 Å². The summed E-state index contributed by atoms with van der Waals surface area (Å²) in [7, 11) is 1.59. The number of ether oxygens (including phenoxy) is 2. The van der Waals surface area contributed by atoms with Crippen LogP contribution in [0.15, 0.2) is 72.0 Å². The lowest BCUT2D eigenvalue weighted by Crippen LogP contribution is -2.27. The number of methoxy groups -OCH3 is 1. The van der Waals surface area contributed by atoms with Crippen molar-refractivity contribution in [1.29, 1.82) is 0 Å². The second kappa shape index (κ2) is 8.43. The molecular weight excluding hydrogens is 439 g/mol. The Morgan fingerprint density at radius 3 is 2.53 bits per heavy atom. The van der Waals surface area contributed by atoms with Crippen molar-refractivity contribution in [3.05, 3.63) is 89.0 Å². The van der Waals surface area contributed by atoms with E-state index in [0.717, 1.165) is 16.8 Å². The molecule has 0 spiro atoms. The molecule has 170 valence electrons. The van der Waals surface area contributed by atoms with Gasteiger partial charge in [0.25, 0.3) is 0 Å². The smallest absolute Gasteiger partial charge is 0.346 e. The summed E-state index contributed by atoms with van der Waals surface area (Å²) in [5, 5.41) is 0.657. The Hall–Kier alpha value is -4.53. The molecule has 8 nitrogen and oxygen atoms in total. The normalized spacial score (nSPS) is 11.1. The molecule has 0 aliphatic carbocycles. The highest BCUT2D eigenvalue weighted by Gasteiger charge is 2.24. The zero-order valence-corrected chi connectivity index (χ0v) is 18.4. The van der Waals surface area contributed by atoms with Crippen LogP contribution in [0.4, 0.5) is 4.39 Å². The number of hydrogen-bond donors (Lipinski definition) is 0. The van der Waals surface area contributed by atoms with E-state index in [-0.39, 0.29) is 18.0 Å². The number of H-pyrrole nitrogens is 1. The topological polar surface area (TPSA) is 89.0 Å². The number of carbonyl (C=O) groups excluding carboxylic acids is 1. The molecule has 0 saturated carbocycles. The quantitative estimate of drug-likeness (QED) is 0.376. The molecule has 5 rings (SSSR count). The van der Waals surface area contributed by atoms with E-state index in [4.69, 9.17) is 9.47 Å². The van der Waals surface area contributed by atoms with Gasteiger partial charge < -0.3 is 9.47 Å². The van der Waals surface area contributed by atoms with Crippen LogP contribution >= 0.6 is 0 Å². The second-order valence-corrected chi connectivity index (χ2v) is 7.51. The summed E-state index contributed by atoms with van der Waals surface area (Å²) in [4.78, 5) is 32.9. The summed E-state index contributed by atoms with van der Waals surface area (Å²) in [5.41, 5.74) is 2.67. The zero-order chi connectivity index (χ0) is 23.8. The van der Waals surface area contributed by atoms with Crippen molar-refractivity contribution in [2.24, 2.45) is 0 Å². The van der Waals surface area contributed by atoms with Crippen LogP contribution in [-0.2, 0) is 4.74 Å². The van der Waals surface area contributed by atoms with Gasteiger partial charge in [0, 0.05) is 5.56 Å². The molecule has 9 heteroatoms. The minimum atomic E-state index is -0.728. The number of aromatic nitrogens is 4. The first-order valence-electron chi connectivity index (χ1n) is 10.6. The summed E-state index contributed by atoms with van der Waals surface area (Å²) in [6, 6.07) is 13.6. The molecule has 0 saturated heterocycles. The zero-order valence-electron chi connectivity index (χ0n) is 18.4. The third-order valence-corrected chi connectivity index (χ3v) is 5.55. The number of nitrogens with zero attached hydrogens (tertiary/aromatic N) is 3. The molecule has 2 aromatic carbocycles. The molecule has 0 aliphatic rings. The van der Waals surface area contributed by atoms with Gasteiger partial charge in [-0.15, -0.1) is 0 Å². The molecule has 1 N–H and O–H groups in total. The van der Waals surface area contributed by atoms with E-state index >= 15 is 0 Å². The third kappa shape index (κ3) is 3.47. The fraction of sp³-hybridized carbons (Fsp3) is 0.120. The predicted octanol–water partition coefficient (Wildman–Crippen LogP) is 3.44. The van der Waals surface area contributed by atoms with Crippen LogP contribution in [0.3, 0.4) is 0 Å². The van der Waals surface area contributed by atoms with E-state index in [0.29, 0.717) is 22.4 Å². The fourth-order valence-corrected chi connectivity index (χ4v) is 3.92. The van der Waals surface area contributed by atoms with Crippen LogP contribution < -0.4 is 15.3 Å². The first-order valence-corrected chi connectivity index (χ1v) is 10.6. The summed E-state index contributed by atoms with van der Waals surface area (Å²) < 4.78 is 27.0. The Morgan fingerprint density at radius 2 is 1.85 bits per heavy atom. The molecule has 0 amide bonds. The minimum Gasteiger partial charge on any atom is -0.497 e. The molecular formula is C25H20FN4O4+. The Bertz CT molecular complexity index is 1590. The average molecular weight is 459 g/mol.